The van der Waals surface area contributed by atoms with Gasteiger partial charge in [0.05, 0.1) is 16.6 Å². The summed E-state index contributed by atoms with van der Waals surface area (Å²) in [5.41, 5.74) is 0.727. The highest BCUT2D eigenvalue weighted by Crippen LogP contribution is 2.43. The van der Waals surface area contributed by atoms with Crippen molar-refractivity contribution in [2.24, 2.45) is 0 Å². The number of alkyl halides is 1. The van der Waals surface area contributed by atoms with E-state index in [1.807, 2.05) is 13.0 Å². The largest absolute Gasteiger partial charge is 0.508 e. The Morgan fingerprint density at radius 3 is 2.68 bits per heavy atom. The number of likely N-dealkylation sites (N-methyl/N-ethyl adjacent to an activating group) is 1. The molecule has 0 saturated carbocycles. The Morgan fingerprint density at radius 1 is 1.09 bits per heavy atom. The van der Waals surface area contributed by atoms with Crippen LogP contribution in [0.4, 0.5) is 14.6 Å². The number of rotatable bonds is 5. The Balaban J connectivity index is 1.29. The maximum Gasteiger partial charge on any atom is 0.319 e. The number of aromatic nitrogens is 3. The van der Waals surface area contributed by atoms with Crippen LogP contribution < -0.4 is 9.64 Å². The van der Waals surface area contributed by atoms with Gasteiger partial charge in [-0.3, -0.25) is 9.80 Å². The summed E-state index contributed by atoms with van der Waals surface area (Å²) in [7, 11) is 2.17. The summed E-state index contributed by atoms with van der Waals surface area (Å²) in [4.78, 5) is 21.2. The second-order valence-electron chi connectivity index (χ2n) is 13.1. The van der Waals surface area contributed by atoms with Gasteiger partial charge in [-0.25, -0.2) is 13.8 Å². The molecule has 1 N–H and O–H groups in total. The summed E-state index contributed by atoms with van der Waals surface area (Å²) in [5.74, 6) is -0.0367. The molecule has 11 heteroatoms. The van der Waals surface area contributed by atoms with E-state index in [4.69, 9.17) is 26.3 Å². The molecule has 2 aromatic carbocycles. The van der Waals surface area contributed by atoms with Gasteiger partial charge >= 0.3 is 6.01 Å². The molecular formula is C33H35ClF2N6O2. The number of hydrogen-bond donors (Lipinski definition) is 1. The van der Waals surface area contributed by atoms with E-state index >= 15 is 4.39 Å². The van der Waals surface area contributed by atoms with Gasteiger partial charge in [-0.05, 0) is 69.8 Å². The number of aryl methyl sites for hydroxylation is 1. The van der Waals surface area contributed by atoms with Crippen molar-refractivity contribution in [3.05, 3.63) is 46.9 Å². The average Bonchev–Trinajstić information content (AvgIpc) is 3.57. The fourth-order valence-electron chi connectivity index (χ4n) is 8.26. The highest BCUT2D eigenvalue weighted by atomic mass is 35.5. The Hall–Kier alpha value is -3.34. The van der Waals surface area contributed by atoms with Gasteiger partial charge in [0.1, 0.15) is 35.6 Å². The fourth-order valence-corrected chi connectivity index (χ4v) is 8.55. The molecule has 0 radical (unpaired) electrons. The van der Waals surface area contributed by atoms with Crippen LogP contribution in [0.25, 0.3) is 32.9 Å². The fraction of sp³-hybridized carbons (Fsp3) is 0.485. The average molecular weight is 621 g/mol. The minimum Gasteiger partial charge on any atom is -0.508 e. The highest BCUT2D eigenvalue weighted by Gasteiger charge is 2.49. The number of aromatic hydroxyl groups is 1. The Morgan fingerprint density at radius 2 is 1.89 bits per heavy atom. The first-order valence-corrected chi connectivity index (χ1v) is 15.9. The summed E-state index contributed by atoms with van der Waals surface area (Å²) in [6, 6.07) is 9.28. The van der Waals surface area contributed by atoms with E-state index in [9.17, 15) is 9.50 Å². The molecule has 4 aliphatic heterocycles. The number of pyridine rings is 1. The van der Waals surface area contributed by atoms with E-state index < -0.39 is 12.0 Å². The lowest BCUT2D eigenvalue weighted by Crippen LogP contribution is -2.52. The van der Waals surface area contributed by atoms with Crippen molar-refractivity contribution >= 4 is 39.1 Å². The molecule has 0 spiro atoms. The molecule has 8 rings (SSSR count). The first kappa shape index (κ1) is 28.2. The number of ether oxygens (including phenoxy) is 1. The third-order valence-electron chi connectivity index (χ3n) is 10.5. The van der Waals surface area contributed by atoms with Gasteiger partial charge in [-0.15, -0.1) is 0 Å². The molecule has 4 aliphatic rings. The molecule has 4 atom stereocenters. The predicted molar refractivity (Wildman–Crippen MR) is 167 cm³/mol. The molecule has 2 aromatic heterocycles. The van der Waals surface area contributed by atoms with E-state index in [2.05, 4.69) is 26.7 Å². The van der Waals surface area contributed by atoms with Crippen LogP contribution in [0, 0.1) is 12.7 Å². The van der Waals surface area contributed by atoms with Crippen LogP contribution in [0.2, 0.25) is 5.02 Å². The summed E-state index contributed by atoms with van der Waals surface area (Å²) >= 11 is 6.61. The molecule has 0 aliphatic carbocycles. The number of phenolic OH excluding ortho intramolecular Hbond substituents is 1. The van der Waals surface area contributed by atoms with Crippen LogP contribution in [0.5, 0.6) is 11.8 Å². The molecule has 2 unspecified atom stereocenters. The lowest BCUT2D eigenvalue weighted by atomic mass is 9.95. The Labute approximate surface area is 259 Å². The van der Waals surface area contributed by atoms with Crippen LogP contribution >= 0.6 is 11.6 Å². The van der Waals surface area contributed by atoms with Crippen molar-refractivity contribution in [3.63, 3.8) is 0 Å². The maximum atomic E-state index is 16.9. The van der Waals surface area contributed by atoms with Crippen molar-refractivity contribution in [3.8, 4) is 23.0 Å². The minimum atomic E-state index is -0.884. The molecule has 230 valence electrons. The number of anilines is 1. The van der Waals surface area contributed by atoms with Crippen LogP contribution in [-0.2, 0) is 0 Å². The summed E-state index contributed by atoms with van der Waals surface area (Å²) in [6.45, 7) is 4.87. The summed E-state index contributed by atoms with van der Waals surface area (Å²) < 4.78 is 37.7. The van der Waals surface area contributed by atoms with Gasteiger partial charge in [0, 0.05) is 54.1 Å². The van der Waals surface area contributed by atoms with Crippen molar-refractivity contribution in [1.82, 2.24) is 24.8 Å². The van der Waals surface area contributed by atoms with E-state index in [0.29, 0.717) is 63.3 Å². The number of hydrogen-bond acceptors (Lipinski definition) is 8. The molecule has 4 aromatic rings. The predicted octanol–water partition coefficient (Wildman–Crippen LogP) is 5.89. The molecule has 4 fully saturated rings. The van der Waals surface area contributed by atoms with Crippen molar-refractivity contribution in [2.45, 2.75) is 62.8 Å². The second-order valence-corrected chi connectivity index (χ2v) is 13.5. The van der Waals surface area contributed by atoms with Crippen LogP contribution in [-0.4, -0.2) is 93.5 Å². The van der Waals surface area contributed by atoms with Gasteiger partial charge in [0.25, 0.3) is 0 Å². The number of phenols is 1. The zero-order valence-corrected chi connectivity index (χ0v) is 25.6. The maximum absolute atomic E-state index is 16.9. The summed E-state index contributed by atoms with van der Waals surface area (Å²) in [6.07, 6.45) is 3.59. The number of halogens is 3. The number of benzene rings is 2. The number of nitrogens with zero attached hydrogens (tertiary/aromatic N) is 6. The minimum absolute atomic E-state index is 0.0165. The zero-order chi connectivity index (χ0) is 30.3. The zero-order valence-electron chi connectivity index (χ0n) is 24.9. The van der Waals surface area contributed by atoms with E-state index in [1.54, 1.807) is 18.2 Å². The van der Waals surface area contributed by atoms with Crippen molar-refractivity contribution in [1.29, 1.82) is 0 Å². The molecule has 2 bridgehead atoms. The molecular weight excluding hydrogens is 586 g/mol. The smallest absolute Gasteiger partial charge is 0.319 e. The monoisotopic (exact) mass is 620 g/mol. The SMILES string of the molecule is Cc1nc(-c2cc(O)cc3cccc(Cl)c23)c(F)c2nc(OC[C@@]34CCCN3C[C@H](F)C4)nc(N3CC4CCC(C3)N4C)c12. The Kier molecular flexibility index (Phi) is 6.63. The number of piperazine rings is 1. The summed E-state index contributed by atoms with van der Waals surface area (Å²) in [5, 5.41) is 12.8. The van der Waals surface area contributed by atoms with Gasteiger partial charge in [-0.2, -0.15) is 9.97 Å². The van der Waals surface area contributed by atoms with Crippen molar-refractivity contribution < 1.29 is 18.6 Å². The van der Waals surface area contributed by atoms with E-state index in [0.717, 1.165) is 45.3 Å². The molecule has 4 saturated heterocycles. The third-order valence-corrected chi connectivity index (χ3v) is 10.8. The normalized spacial score (nSPS) is 27.1. The lowest BCUT2D eigenvalue weighted by Gasteiger charge is -2.40. The van der Waals surface area contributed by atoms with E-state index in [1.165, 1.54) is 6.07 Å². The first-order chi connectivity index (χ1) is 21.2. The highest BCUT2D eigenvalue weighted by molar-refractivity contribution is 6.36. The second kappa shape index (κ2) is 10.4. The van der Waals surface area contributed by atoms with Crippen LogP contribution in [0.15, 0.2) is 30.3 Å². The van der Waals surface area contributed by atoms with Gasteiger partial charge < -0.3 is 14.7 Å². The topological polar surface area (TPSA) is 77.8 Å². The standard InChI is InChI=1S/C33H35ClF2N6O2/c1-18-26-30(28(36)29(37-18)24-12-23(43)11-19-5-3-6-25(34)27(19)24)38-32(44-17-33-9-4-10-42(33)14-20(35)13-33)39-31(26)41-15-21-7-8-22(16-41)40(21)2/h3,5-6,11-12,20-22,43H,4,7-10,13-17H2,1-2H3/t20-,21?,22?,33+/m1/s1. The molecule has 6 heterocycles. The van der Waals surface area contributed by atoms with Gasteiger partial charge in [0.15, 0.2) is 5.82 Å². The van der Waals surface area contributed by atoms with Crippen LogP contribution in [0.3, 0.4) is 0 Å². The van der Waals surface area contributed by atoms with Gasteiger partial charge in [-0.1, -0.05) is 23.7 Å². The van der Waals surface area contributed by atoms with E-state index in [-0.39, 0.29) is 35.1 Å². The molecule has 44 heavy (non-hydrogen) atoms. The third kappa shape index (κ3) is 4.40. The van der Waals surface area contributed by atoms with Crippen molar-refractivity contribution in [2.75, 3.05) is 44.7 Å². The lowest BCUT2D eigenvalue weighted by molar-refractivity contribution is 0.107. The molecule has 8 nitrogen and oxygen atoms in total. The Bertz CT molecular complexity index is 1790. The van der Waals surface area contributed by atoms with Gasteiger partial charge in [0.2, 0.25) is 0 Å². The molecule has 0 amide bonds. The number of fused-ring (bicyclic) bond motifs is 5. The first-order valence-electron chi connectivity index (χ1n) is 15.5. The van der Waals surface area contributed by atoms with Crippen LogP contribution in [0.1, 0.15) is 37.8 Å². The quantitative estimate of drug-likeness (QED) is 0.296.